The van der Waals surface area contributed by atoms with Gasteiger partial charge in [-0.05, 0) is 18.4 Å². The number of methoxy groups -OCH3 is 1. The van der Waals surface area contributed by atoms with Crippen LogP contribution in [0.1, 0.15) is 12.0 Å². The zero-order chi connectivity index (χ0) is 10.4. The quantitative estimate of drug-likeness (QED) is 0.684. The molecule has 1 aromatic rings. The van der Waals surface area contributed by atoms with Gasteiger partial charge in [-0.3, -0.25) is 0 Å². The van der Waals surface area contributed by atoms with Gasteiger partial charge in [0.1, 0.15) is 5.72 Å². The topological polar surface area (TPSA) is 61.3 Å². The van der Waals surface area contributed by atoms with Gasteiger partial charge in [-0.1, -0.05) is 30.3 Å². The first-order valence-electron chi connectivity index (χ1n) is 4.78. The van der Waals surface area contributed by atoms with E-state index < -0.39 is 5.72 Å². The highest BCUT2D eigenvalue weighted by molar-refractivity contribution is 5.15. The Balaban J connectivity index is 2.48. The highest BCUT2D eigenvalue weighted by Gasteiger charge is 2.21. The van der Waals surface area contributed by atoms with Crippen LogP contribution in [-0.4, -0.2) is 19.4 Å². The number of rotatable bonds is 5. The predicted octanol–water partition coefficient (Wildman–Crippen LogP) is 0.879. The monoisotopic (exact) mass is 194 g/mol. The molecule has 1 rings (SSSR count). The summed E-state index contributed by atoms with van der Waals surface area (Å²) in [5, 5.41) is 0. The van der Waals surface area contributed by atoms with E-state index in [1.165, 1.54) is 5.56 Å². The summed E-state index contributed by atoms with van der Waals surface area (Å²) >= 11 is 0. The minimum Gasteiger partial charge on any atom is -0.363 e. The molecular weight excluding hydrogens is 176 g/mol. The molecule has 1 atom stereocenters. The molecule has 14 heavy (non-hydrogen) atoms. The molecule has 0 aromatic heterocycles. The first-order chi connectivity index (χ1) is 6.70. The Labute approximate surface area is 85.0 Å². The van der Waals surface area contributed by atoms with E-state index in [0.29, 0.717) is 6.54 Å². The van der Waals surface area contributed by atoms with Crippen LogP contribution in [0.15, 0.2) is 30.3 Å². The van der Waals surface area contributed by atoms with Crippen LogP contribution in [0.4, 0.5) is 0 Å². The van der Waals surface area contributed by atoms with Gasteiger partial charge in [0.05, 0.1) is 0 Å². The van der Waals surface area contributed by atoms with Gasteiger partial charge >= 0.3 is 0 Å². The molecule has 0 saturated heterocycles. The van der Waals surface area contributed by atoms with Gasteiger partial charge in [-0.15, -0.1) is 0 Å². The second-order valence-corrected chi connectivity index (χ2v) is 3.46. The molecule has 0 radical (unpaired) electrons. The standard InChI is InChI=1S/C11H18N2O/c1-14-11(13,9-12)8-7-10-5-3-2-4-6-10/h2-6H,7-9,12-13H2,1H3. The Morgan fingerprint density at radius 2 is 1.93 bits per heavy atom. The number of hydrogen-bond donors (Lipinski definition) is 2. The van der Waals surface area contributed by atoms with Gasteiger partial charge in [0.25, 0.3) is 0 Å². The molecule has 0 heterocycles. The average molecular weight is 194 g/mol. The third kappa shape index (κ3) is 3.10. The molecular formula is C11H18N2O. The zero-order valence-electron chi connectivity index (χ0n) is 8.57. The van der Waals surface area contributed by atoms with E-state index in [2.05, 4.69) is 12.1 Å². The Hall–Kier alpha value is -0.900. The first kappa shape index (κ1) is 11.2. The maximum atomic E-state index is 5.90. The highest BCUT2D eigenvalue weighted by atomic mass is 16.5. The predicted molar refractivity (Wildman–Crippen MR) is 57.7 cm³/mol. The summed E-state index contributed by atoms with van der Waals surface area (Å²) < 4.78 is 5.16. The Bertz CT molecular complexity index is 257. The average Bonchev–Trinajstić information content (AvgIpc) is 2.27. The van der Waals surface area contributed by atoms with Crippen molar-refractivity contribution in [3.8, 4) is 0 Å². The third-order valence-electron chi connectivity index (χ3n) is 2.43. The Kier molecular flexibility index (Phi) is 4.07. The van der Waals surface area contributed by atoms with Crippen LogP contribution in [-0.2, 0) is 11.2 Å². The minimum absolute atomic E-state index is 0.344. The first-order valence-corrected chi connectivity index (χ1v) is 4.78. The van der Waals surface area contributed by atoms with Gasteiger partial charge in [-0.25, -0.2) is 0 Å². The normalized spacial score (nSPS) is 15.1. The van der Waals surface area contributed by atoms with Crippen LogP contribution in [0.3, 0.4) is 0 Å². The van der Waals surface area contributed by atoms with E-state index in [4.69, 9.17) is 16.2 Å². The molecule has 0 spiro atoms. The number of aryl methyl sites for hydroxylation is 1. The third-order valence-corrected chi connectivity index (χ3v) is 2.43. The molecule has 0 fully saturated rings. The van der Waals surface area contributed by atoms with Gasteiger partial charge < -0.3 is 16.2 Å². The molecule has 1 aromatic carbocycles. The van der Waals surface area contributed by atoms with E-state index in [1.807, 2.05) is 18.2 Å². The van der Waals surface area contributed by atoms with Gasteiger partial charge in [0, 0.05) is 13.7 Å². The molecule has 1 unspecified atom stereocenters. The summed E-state index contributed by atoms with van der Waals surface area (Å²) in [4.78, 5) is 0. The zero-order valence-corrected chi connectivity index (χ0v) is 8.57. The lowest BCUT2D eigenvalue weighted by atomic mass is 10.0. The van der Waals surface area contributed by atoms with E-state index in [9.17, 15) is 0 Å². The molecule has 0 aliphatic carbocycles. The smallest absolute Gasteiger partial charge is 0.129 e. The second kappa shape index (κ2) is 5.10. The van der Waals surface area contributed by atoms with Crippen molar-refractivity contribution in [1.82, 2.24) is 0 Å². The number of nitrogens with two attached hydrogens (primary N) is 2. The van der Waals surface area contributed by atoms with E-state index in [1.54, 1.807) is 7.11 Å². The molecule has 78 valence electrons. The maximum absolute atomic E-state index is 5.90. The summed E-state index contributed by atoms with van der Waals surface area (Å²) in [6.45, 7) is 0.344. The molecule has 0 aliphatic rings. The molecule has 3 heteroatoms. The largest absolute Gasteiger partial charge is 0.363 e. The van der Waals surface area contributed by atoms with E-state index in [-0.39, 0.29) is 0 Å². The van der Waals surface area contributed by atoms with Gasteiger partial charge in [0.2, 0.25) is 0 Å². The van der Waals surface area contributed by atoms with Crippen LogP contribution in [0.5, 0.6) is 0 Å². The second-order valence-electron chi connectivity index (χ2n) is 3.46. The lowest BCUT2D eigenvalue weighted by Crippen LogP contribution is -2.49. The van der Waals surface area contributed by atoms with Crippen molar-refractivity contribution in [2.24, 2.45) is 11.5 Å². The molecule has 0 aliphatic heterocycles. The summed E-state index contributed by atoms with van der Waals surface area (Å²) in [5.41, 5.74) is 12.0. The maximum Gasteiger partial charge on any atom is 0.129 e. The Morgan fingerprint density at radius 3 is 2.43 bits per heavy atom. The van der Waals surface area contributed by atoms with Crippen LogP contribution in [0, 0.1) is 0 Å². The van der Waals surface area contributed by atoms with Crippen molar-refractivity contribution < 1.29 is 4.74 Å². The summed E-state index contributed by atoms with van der Waals surface area (Å²) in [6, 6.07) is 10.2. The highest BCUT2D eigenvalue weighted by Crippen LogP contribution is 2.11. The molecule has 3 nitrogen and oxygen atoms in total. The fourth-order valence-electron chi connectivity index (χ4n) is 1.29. The molecule has 0 bridgehead atoms. The van der Waals surface area contributed by atoms with Crippen molar-refractivity contribution >= 4 is 0 Å². The van der Waals surface area contributed by atoms with Crippen molar-refractivity contribution in [3.63, 3.8) is 0 Å². The number of hydrogen-bond acceptors (Lipinski definition) is 3. The van der Waals surface area contributed by atoms with Crippen LogP contribution < -0.4 is 11.5 Å². The van der Waals surface area contributed by atoms with E-state index in [0.717, 1.165) is 12.8 Å². The van der Waals surface area contributed by atoms with Crippen LogP contribution >= 0.6 is 0 Å². The lowest BCUT2D eigenvalue weighted by molar-refractivity contribution is -0.00391. The number of benzene rings is 1. The lowest BCUT2D eigenvalue weighted by Gasteiger charge is -2.26. The minimum atomic E-state index is -0.685. The van der Waals surface area contributed by atoms with Crippen molar-refractivity contribution in [3.05, 3.63) is 35.9 Å². The molecule has 0 saturated carbocycles. The van der Waals surface area contributed by atoms with Crippen LogP contribution in [0.25, 0.3) is 0 Å². The number of ether oxygens (including phenoxy) is 1. The van der Waals surface area contributed by atoms with Crippen molar-refractivity contribution in [2.45, 2.75) is 18.6 Å². The van der Waals surface area contributed by atoms with Crippen molar-refractivity contribution in [2.75, 3.05) is 13.7 Å². The molecule has 4 N–H and O–H groups in total. The fraction of sp³-hybridized carbons (Fsp3) is 0.455. The fourth-order valence-corrected chi connectivity index (χ4v) is 1.29. The van der Waals surface area contributed by atoms with Gasteiger partial charge in [0.15, 0.2) is 0 Å². The van der Waals surface area contributed by atoms with Crippen molar-refractivity contribution in [1.29, 1.82) is 0 Å². The van der Waals surface area contributed by atoms with Gasteiger partial charge in [-0.2, -0.15) is 0 Å². The van der Waals surface area contributed by atoms with E-state index >= 15 is 0 Å². The summed E-state index contributed by atoms with van der Waals surface area (Å²) in [5.74, 6) is 0. The molecule has 0 amide bonds. The summed E-state index contributed by atoms with van der Waals surface area (Å²) in [6.07, 6.45) is 1.63. The SMILES string of the molecule is COC(N)(CN)CCc1ccccc1. The van der Waals surface area contributed by atoms with Crippen LogP contribution in [0.2, 0.25) is 0 Å². The summed E-state index contributed by atoms with van der Waals surface area (Å²) in [7, 11) is 1.60. The Morgan fingerprint density at radius 1 is 1.29 bits per heavy atom.